The Labute approximate surface area is 109 Å². The molecule has 0 saturated heterocycles. The van der Waals surface area contributed by atoms with Gasteiger partial charge in [0.25, 0.3) is 0 Å². The van der Waals surface area contributed by atoms with Crippen LogP contribution in [0.5, 0.6) is 0 Å². The monoisotopic (exact) mass is 240 g/mol. The summed E-state index contributed by atoms with van der Waals surface area (Å²) in [5, 5.41) is 9.06. The second kappa shape index (κ2) is 5.05. The lowest BCUT2D eigenvalue weighted by Gasteiger charge is -2.24. The standard InChI is InChI=1S/C16H20N2/c1-2-7-11-16(12-8-3-1)13-15(17-18-16)14-9-5-4-6-10-14/h4-6,9-10,13H,1-3,7-8,11-12H2. The van der Waals surface area contributed by atoms with Gasteiger partial charge in [-0.05, 0) is 18.9 Å². The Kier molecular flexibility index (Phi) is 3.26. The van der Waals surface area contributed by atoms with Crippen LogP contribution in [-0.2, 0) is 0 Å². The van der Waals surface area contributed by atoms with E-state index in [1.807, 2.05) is 6.07 Å². The van der Waals surface area contributed by atoms with E-state index in [0.29, 0.717) is 0 Å². The van der Waals surface area contributed by atoms with Crippen molar-refractivity contribution in [1.29, 1.82) is 0 Å². The Balaban J connectivity index is 1.83. The number of nitrogens with zero attached hydrogens (tertiary/aromatic N) is 2. The Morgan fingerprint density at radius 2 is 1.50 bits per heavy atom. The molecule has 1 aliphatic heterocycles. The summed E-state index contributed by atoms with van der Waals surface area (Å²) in [5.41, 5.74) is 2.28. The highest BCUT2D eigenvalue weighted by Gasteiger charge is 2.32. The quantitative estimate of drug-likeness (QED) is 0.661. The van der Waals surface area contributed by atoms with Gasteiger partial charge >= 0.3 is 0 Å². The molecule has 2 aliphatic rings. The van der Waals surface area contributed by atoms with Crippen molar-refractivity contribution in [3.05, 3.63) is 42.0 Å². The zero-order valence-corrected chi connectivity index (χ0v) is 10.8. The molecular formula is C16H20N2. The SMILES string of the molecule is C1=C(c2ccccc2)N=NC12CCCCCCC2. The second-order valence-electron chi connectivity index (χ2n) is 5.47. The minimum absolute atomic E-state index is 0.0194. The molecule has 2 heteroatoms. The molecule has 0 unspecified atom stereocenters. The van der Waals surface area contributed by atoms with Crippen molar-refractivity contribution in [2.24, 2.45) is 10.2 Å². The van der Waals surface area contributed by atoms with Gasteiger partial charge in [0.15, 0.2) is 0 Å². The molecule has 1 heterocycles. The number of azo groups is 1. The maximum Gasteiger partial charge on any atom is 0.102 e. The average Bonchev–Trinajstić information content (AvgIpc) is 2.81. The lowest BCUT2D eigenvalue weighted by Crippen LogP contribution is -2.22. The number of benzene rings is 1. The van der Waals surface area contributed by atoms with Crippen molar-refractivity contribution < 1.29 is 0 Å². The molecule has 1 aromatic carbocycles. The van der Waals surface area contributed by atoms with E-state index in [-0.39, 0.29) is 5.54 Å². The third kappa shape index (κ3) is 2.38. The van der Waals surface area contributed by atoms with E-state index in [1.165, 1.54) is 50.5 Å². The molecule has 1 saturated carbocycles. The summed E-state index contributed by atoms with van der Waals surface area (Å²) in [6.07, 6.45) is 11.3. The van der Waals surface area contributed by atoms with Crippen LogP contribution in [0.25, 0.3) is 5.70 Å². The minimum atomic E-state index is 0.0194. The summed E-state index contributed by atoms with van der Waals surface area (Å²) in [6.45, 7) is 0. The van der Waals surface area contributed by atoms with Crippen LogP contribution >= 0.6 is 0 Å². The van der Waals surface area contributed by atoms with Gasteiger partial charge in [-0.1, -0.05) is 62.4 Å². The smallest absolute Gasteiger partial charge is 0.102 e. The molecule has 94 valence electrons. The molecular weight excluding hydrogens is 220 g/mol. The molecule has 0 aromatic heterocycles. The Morgan fingerprint density at radius 3 is 2.22 bits per heavy atom. The summed E-state index contributed by atoms with van der Waals surface area (Å²) in [7, 11) is 0. The lowest BCUT2D eigenvalue weighted by molar-refractivity contribution is 0.377. The molecule has 0 bridgehead atoms. The van der Waals surface area contributed by atoms with E-state index in [9.17, 15) is 0 Å². The van der Waals surface area contributed by atoms with E-state index in [0.717, 1.165) is 5.70 Å². The first-order chi connectivity index (χ1) is 8.88. The Morgan fingerprint density at radius 1 is 0.833 bits per heavy atom. The zero-order chi connectivity index (χ0) is 12.3. The highest BCUT2D eigenvalue weighted by Crippen LogP contribution is 2.38. The Bertz CT molecular complexity index is 451. The number of hydrogen-bond donors (Lipinski definition) is 0. The maximum absolute atomic E-state index is 4.62. The average molecular weight is 240 g/mol. The predicted octanol–water partition coefficient (Wildman–Crippen LogP) is 4.98. The third-order valence-corrected chi connectivity index (χ3v) is 4.05. The highest BCUT2D eigenvalue weighted by molar-refractivity contribution is 5.67. The topological polar surface area (TPSA) is 24.7 Å². The predicted molar refractivity (Wildman–Crippen MR) is 74.3 cm³/mol. The minimum Gasteiger partial charge on any atom is -0.178 e. The maximum atomic E-state index is 4.62. The summed E-state index contributed by atoms with van der Waals surface area (Å²) in [4.78, 5) is 0. The van der Waals surface area contributed by atoms with Crippen LogP contribution in [0.4, 0.5) is 0 Å². The van der Waals surface area contributed by atoms with Crippen LogP contribution in [0.2, 0.25) is 0 Å². The molecule has 1 fully saturated rings. The van der Waals surface area contributed by atoms with Gasteiger partial charge < -0.3 is 0 Å². The molecule has 0 amide bonds. The van der Waals surface area contributed by atoms with Crippen molar-refractivity contribution >= 4 is 5.70 Å². The van der Waals surface area contributed by atoms with Crippen molar-refractivity contribution in [3.8, 4) is 0 Å². The molecule has 0 radical (unpaired) electrons. The fourth-order valence-electron chi connectivity index (χ4n) is 2.98. The summed E-state index contributed by atoms with van der Waals surface area (Å²) in [6, 6.07) is 10.4. The van der Waals surface area contributed by atoms with E-state index in [2.05, 4.69) is 40.6 Å². The van der Waals surface area contributed by atoms with Crippen LogP contribution < -0.4 is 0 Å². The molecule has 3 rings (SSSR count). The molecule has 18 heavy (non-hydrogen) atoms. The fourth-order valence-corrected chi connectivity index (χ4v) is 2.98. The normalized spacial score (nSPS) is 22.6. The first kappa shape index (κ1) is 11.6. The molecule has 0 atom stereocenters. The van der Waals surface area contributed by atoms with Crippen LogP contribution in [0.15, 0.2) is 46.6 Å². The Hall–Kier alpha value is -1.44. The van der Waals surface area contributed by atoms with Crippen LogP contribution in [0.1, 0.15) is 50.5 Å². The zero-order valence-electron chi connectivity index (χ0n) is 10.8. The molecule has 1 aliphatic carbocycles. The molecule has 1 aromatic rings. The number of rotatable bonds is 1. The van der Waals surface area contributed by atoms with Crippen LogP contribution in [-0.4, -0.2) is 5.54 Å². The van der Waals surface area contributed by atoms with E-state index < -0.39 is 0 Å². The van der Waals surface area contributed by atoms with Gasteiger partial charge in [0, 0.05) is 5.56 Å². The third-order valence-electron chi connectivity index (χ3n) is 4.05. The highest BCUT2D eigenvalue weighted by atomic mass is 15.2. The van der Waals surface area contributed by atoms with Gasteiger partial charge in [0.2, 0.25) is 0 Å². The van der Waals surface area contributed by atoms with Gasteiger partial charge in [-0.25, -0.2) is 0 Å². The van der Waals surface area contributed by atoms with Gasteiger partial charge in [-0.3, -0.25) is 0 Å². The van der Waals surface area contributed by atoms with Gasteiger partial charge in [0.1, 0.15) is 5.54 Å². The number of hydrogen-bond acceptors (Lipinski definition) is 2. The largest absolute Gasteiger partial charge is 0.178 e. The molecule has 2 nitrogen and oxygen atoms in total. The van der Waals surface area contributed by atoms with E-state index >= 15 is 0 Å². The first-order valence-electron chi connectivity index (χ1n) is 7.09. The van der Waals surface area contributed by atoms with Crippen molar-refractivity contribution in [1.82, 2.24) is 0 Å². The summed E-state index contributed by atoms with van der Waals surface area (Å²) in [5.74, 6) is 0. The van der Waals surface area contributed by atoms with Crippen molar-refractivity contribution in [2.75, 3.05) is 0 Å². The van der Waals surface area contributed by atoms with E-state index in [1.54, 1.807) is 0 Å². The lowest BCUT2D eigenvalue weighted by atomic mass is 9.84. The van der Waals surface area contributed by atoms with Crippen molar-refractivity contribution in [3.63, 3.8) is 0 Å². The molecule has 0 N–H and O–H groups in total. The van der Waals surface area contributed by atoms with Crippen molar-refractivity contribution in [2.45, 2.75) is 50.5 Å². The van der Waals surface area contributed by atoms with Gasteiger partial charge in [-0.2, -0.15) is 10.2 Å². The van der Waals surface area contributed by atoms with Crippen LogP contribution in [0.3, 0.4) is 0 Å². The summed E-state index contributed by atoms with van der Waals surface area (Å²) < 4.78 is 0. The fraction of sp³-hybridized carbons (Fsp3) is 0.500. The van der Waals surface area contributed by atoms with Crippen LogP contribution in [0, 0.1) is 0 Å². The first-order valence-corrected chi connectivity index (χ1v) is 7.09. The van der Waals surface area contributed by atoms with Gasteiger partial charge in [0.05, 0.1) is 5.70 Å². The summed E-state index contributed by atoms with van der Waals surface area (Å²) >= 11 is 0. The van der Waals surface area contributed by atoms with Gasteiger partial charge in [-0.15, -0.1) is 0 Å². The molecule has 1 spiro atoms. The van der Waals surface area contributed by atoms with E-state index in [4.69, 9.17) is 0 Å². The second-order valence-corrected chi connectivity index (χ2v) is 5.47.